The highest BCUT2D eigenvalue weighted by Crippen LogP contribution is 2.28. The Bertz CT molecular complexity index is 697. The summed E-state index contributed by atoms with van der Waals surface area (Å²) >= 11 is 0. The number of rotatable bonds is 5. The van der Waals surface area contributed by atoms with Gasteiger partial charge in [-0.1, -0.05) is 12.1 Å². The Morgan fingerprint density at radius 1 is 1.31 bits per heavy atom. The van der Waals surface area contributed by atoms with Crippen LogP contribution in [-0.2, 0) is 14.3 Å². The predicted molar refractivity (Wildman–Crippen MR) is 92.6 cm³/mol. The van der Waals surface area contributed by atoms with E-state index in [0.29, 0.717) is 26.1 Å². The van der Waals surface area contributed by atoms with E-state index in [1.54, 1.807) is 7.11 Å². The standard InChI is InChI=1S/C18H23N3O5/c1-12(13-3-5-14(25-2)6-4-13)19-15(22)11-21-16(23)18(20-17(21)24)7-9-26-10-8-18/h3-6,12H,7-11H2,1-2H3,(H,19,22)(H,20,24)/t12-/m0/s1. The highest BCUT2D eigenvalue weighted by atomic mass is 16.5. The molecule has 2 heterocycles. The lowest BCUT2D eigenvalue weighted by Gasteiger charge is -2.30. The van der Waals surface area contributed by atoms with Crippen LogP contribution < -0.4 is 15.4 Å². The normalized spacial score (nSPS) is 20.0. The molecule has 0 saturated carbocycles. The minimum absolute atomic E-state index is 0.258. The molecule has 8 nitrogen and oxygen atoms in total. The fraction of sp³-hybridized carbons (Fsp3) is 0.500. The number of imide groups is 1. The number of amides is 4. The van der Waals surface area contributed by atoms with Crippen molar-refractivity contribution < 1.29 is 23.9 Å². The third-order valence-electron chi connectivity index (χ3n) is 4.89. The number of urea groups is 1. The maximum absolute atomic E-state index is 12.6. The molecule has 0 bridgehead atoms. The zero-order valence-electron chi connectivity index (χ0n) is 14.9. The summed E-state index contributed by atoms with van der Waals surface area (Å²) in [6, 6.07) is 6.55. The summed E-state index contributed by atoms with van der Waals surface area (Å²) in [6.45, 7) is 2.38. The highest BCUT2D eigenvalue weighted by molar-refractivity contribution is 6.09. The smallest absolute Gasteiger partial charge is 0.325 e. The molecule has 0 radical (unpaired) electrons. The van der Waals surface area contributed by atoms with Crippen molar-refractivity contribution in [1.29, 1.82) is 0 Å². The van der Waals surface area contributed by atoms with Crippen LogP contribution in [0, 0.1) is 0 Å². The van der Waals surface area contributed by atoms with Crippen LogP contribution in [0.25, 0.3) is 0 Å². The van der Waals surface area contributed by atoms with Crippen LogP contribution >= 0.6 is 0 Å². The molecule has 1 aromatic carbocycles. The van der Waals surface area contributed by atoms with Crippen LogP contribution in [0.5, 0.6) is 5.75 Å². The second kappa shape index (κ2) is 7.33. The number of ether oxygens (including phenoxy) is 2. The Balaban J connectivity index is 1.60. The van der Waals surface area contributed by atoms with Crippen molar-refractivity contribution in [2.75, 3.05) is 26.9 Å². The van der Waals surface area contributed by atoms with Gasteiger partial charge >= 0.3 is 6.03 Å². The topological polar surface area (TPSA) is 97.0 Å². The van der Waals surface area contributed by atoms with Crippen molar-refractivity contribution in [3.63, 3.8) is 0 Å². The lowest BCUT2D eigenvalue weighted by molar-refractivity contribution is -0.137. The van der Waals surface area contributed by atoms with Gasteiger partial charge in [-0.05, 0) is 24.6 Å². The van der Waals surface area contributed by atoms with Crippen LogP contribution in [0.2, 0.25) is 0 Å². The molecule has 2 saturated heterocycles. The van der Waals surface area contributed by atoms with E-state index in [9.17, 15) is 14.4 Å². The molecule has 1 atom stereocenters. The zero-order chi connectivity index (χ0) is 18.7. The number of carbonyl (C=O) groups excluding carboxylic acids is 3. The Labute approximate surface area is 151 Å². The van der Waals surface area contributed by atoms with Crippen molar-refractivity contribution in [2.24, 2.45) is 0 Å². The molecule has 1 spiro atoms. The fourth-order valence-corrected chi connectivity index (χ4v) is 3.29. The summed E-state index contributed by atoms with van der Waals surface area (Å²) in [4.78, 5) is 38.1. The highest BCUT2D eigenvalue weighted by Gasteiger charge is 2.52. The van der Waals surface area contributed by atoms with E-state index in [1.807, 2.05) is 31.2 Å². The number of methoxy groups -OCH3 is 1. The molecule has 2 N–H and O–H groups in total. The first kappa shape index (κ1) is 18.2. The molecule has 0 aromatic heterocycles. The molecule has 1 aromatic rings. The van der Waals surface area contributed by atoms with Crippen LogP contribution in [0.4, 0.5) is 4.79 Å². The van der Waals surface area contributed by atoms with Crippen molar-refractivity contribution in [1.82, 2.24) is 15.5 Å². The fourth-order valence-electron chi connectivity index (χ4n) is 3.29. The molecule has 0 unspecified atom stereocenters. The summed E-state index contributed by atoms with van der Waals surface area (Å²) in [5, 5.41) is 5.55. The van der Waals surface area contributed by atoms with Crippen LogP contribution in [0.1, 0.15) is 31.4 Å². The first-order chi connectivity index (χ1) is 12.4. The third-order valence-corrected chi connectivity index (χ3v) is 4.89. The molecule has 3 rings (SSSR count). The summed E-state index contributed by atoms with van der Waals surface area (Å²) in [6.07, 6.45) is 0.857. The molecule has 2 fully saturated rings. The Morgan fingerprint density at radius 2 is 1.96 bits per heavy atom. The van der Waals surface area contributed by atoms with Gasteiger partial charge in [-0.2, -0.15) is 0 Å². The van der Waals surface area contributed by atoms with E-state index >= 15 is 0 Å². The number of carbonyl (C=O) groups is 3. The summed E-state index contributed by atoms with van der Waals surface area (Å²) < 4.78 is 10.4. The van der Waals surface area contributed by atoms with Gasteiger partial charge in [-0.3, -0.25) is 14.5 Å². The SMILES string of the molecule is COc1ccc([C@H](C)NC(=O)CN2C(=O)NC3(CCOCC3)C2=O)cc1. The summed E-state index contributed by atoms with van der Waals surface area (Å²) in [7, 11) is 1.59. The molecule has 26 heavy (non-hydrogen) atoms. The van der Waals surface area contributed by atoms with Crippen LogP contribution in [0.3, 0.4) is 0 Å². The average molecular weight is 361 g/mol. The minimum atomic E-state index is -0.919. The van der Waals surface area contributed by atoms with E-state index in [1.165, 1.54) is 0 Å². The van der Waals surface area contributed by atoms with Crippen LogP contribution in [-0.4, -0.2) is 55.2 Å². The van der Waals surface area contributed by atoms with Crippen molar-refractivity contribution in [3.8, 4) is 5.75 Å². The molecule has 2 aliphatic rings. The molecule has 0 aliphatic carbocycles. The van der Waals surface area contributed by atoms with E-state index in [2.05, 4.69) is 10.6 Å². The number of benzene rings is 1. The second-order valence-corrected chi connectivity index (χ2v) is 6.58. The number of nitrogens with one attached hydrogen (secondary N) is 2. The average Bonchev–Trinajstić information content (AvgIpc) is 2.86. The molecule has 140 valence electrons. The summed E-state index contributed by atoms with van der Waals surface area (Å²) in [5.41, 5.74) is -0.0192. The van der Waals surface area contributed by atoms with Gasteiger partial charge in [0, 0.05) is 26.1 Å². The van der Waals surface area contributed by atoms with Crippen molar-refractivity contribution in [2.45, 2.75) is 31.3 Å². The van der Waals surface area contributed by atoms with E-state index in [0.717, 1.165) is 16.2 Å². The maximum Gasteiger partial charge on any atom is 0.325 e. The monoisotopic (exact) mass is 361 g/mol. The van der Waals surface area contributed by atoms with Gasteiger partial charge < -0.3 is 20.1 Å². The molecule has 8 heteroatoms. The Morgan fingerprint density at radius 3 is 2.58 bits per heavy atom. The van der Waals surface area contributed by atoms with Gasteiger partial charge in [0.2, 0.25) is 5.91 Å². The second-order valence-electron chi connectivity index (χ2n) is 6.58. The van der Waals surface area contributed by atoms with Gasteiger partial charge in [-0.15, -0.1) is 0 Å². The minimum Gasteiger partial charge on any atom is -0.497 e. The molecule has 4 amide bonds. The first-order valence-corrected chi connectivity index (χ1v) is 8.60. The van der Waals surface area contributed by atoms with Gasteiger partial charge in [0.15, 0.2) is 0 Å². The number of hydrogen-bond acceptors (Lipinski definition) is 5. The predicted octanol–water partition coefficient (Wildman–Crippen LogP) is 0.973. The maximum atomic E-state index is 12.6. The summed E-state index contributed by atoms with van der Waals surface area (Å²) in [5.74, 6) is -0.00708. The van der Waals surface area contributed by atoms with Crippen LogP contribution in [0.15, 0.2) is 24.3 Å². The number of hydrogen-bond donors (Lipinski definition) is 2. The van der Waals surface area contributed by atoms with Crippen molar-refractivity contribution in [3.05, 3.63) is 29.8 Å². The molecular formula is C18H23N3O5. The van der Waals surface area contributed by atoms with Gasteiger partial charge in [0.1, 0.15) is 17.8 Å². The zero-order valence-corrected chi connectivity index (χ0v) is 14.9. The van der Waals surface area contributed by atoms with Gasteiger partial charge in [0.25, 0.3) is 5.91 Å². The van der Waals surface area contributed by atoms with E-state index in [4.69, 9.17) is 9.47 Å². The molecular weight excluding hydrogens is 338 g/mol. The number of nitrogens with zero attached hydrogens (tertiary/aromatic N) is 1. The molecule has 2 aliphatic heterocycles. The first-order valence-electron chi connectivity index (χ1n) is 8.60. The van der Waals surface area contributed by atoms with Crippen molar-refractivity contribution >= 4 is 17.8 Å². The quantitative estimate of drug-likeness (QED) is 0.762. The van der Waals surface area contributed by atoms with Gasteiger partial charge in [0.05, 0.1) is 13.2 Å². The van der Waals surface area contributed by atoms with E-state index in [-0.39, 0.29) is 24.4 Å². The lowest BCUT2D eigenvalue weighted by Crippen LogP contribution is -2.51. The lowest BCUT2D eigenvalue weighted by atomic mass is 9.90. The Kier molecular flexibility index (Phi) is 5.13. The van der Waals surface area contributed by atoms with Gasteiger partial charge in [-0.25, -0.2) is 4.79 Å². The Hall–Kier alpha value is -2.61. The van der Waals surface area contributed by atoms with E-state index < -0.39 is 11.6 Å². The largest absolute Gasteiger partial charge is 0.497 e. The third kappa shape index (κ3) is 3.50.